The molecular formula is C24H33ClO6. The van der Waals surface area contributed by atoms with Crippen molar-refractivity contribution < 1.29 is 29.9 Å². The molecule has 31 heavy (non-hydrogen) atoms. The van der Waals surface area contributed by atoms with Crippen molar-refractivity contribution in [3.63, 3.8) is 0 Å². The molecule has 0 spiro atoms. The summed E-state index contributed by atoms with van der Waals surface area (Å²) >= 11 is 6.40. The number of benzene rings is 2. The Kier molecular flexibility index (Phi) is 10.7. The van der Waals surface area contributed by atoms with Gasteiger partial charge in [0.2, 0.25) is 0 Å². The fraction of sp³-hybridized carbons (Fsp3) is 0.500. The van der Waals surface area contributed by atoms with Crippen molar-refractivity contribution >= 4 is 11.6 Å². The Morgan fingerprint density at radius 1 is 1.13 bits per heavy atom. The molecule has 2 aromatic carbocycles. The van der Waals surface area contributed by atoms with Gasteiger partial charge < -0.3 is 29.9 Å². The Balaban J connectivity index is 0.000000614. The minimum atomic E-state index is -0.560. The van der Waals surface area contributed by atoms with Crippen LogP contribution in [0.5, 0.6) is 5.75 Å². The molecule has 0 amide bonds. The molecule has 1 aliphatic heterocycles. The monoisotopic (exact) mass is 452 g/mol. The fourth-order valence-corrected chi connectivity index (χ4v) is 3.53. The molecule has 4 atom stereocenters. The van der Waals surface area contributed by atoms with Crippen LogP contribution in [-0.4, -0.2) is 58.6 Å². The molecule has 4 unspecified atom stereocenters. The summed E-state index contributed by atoms with van der Waals surface area (Å²) in [4.78, 5) is 0. The zero-order valence-electron chi connectivity index (χ0n) is 18.1. The van der Waals surface area contributed by atoms with E-state index in [1.54, 1.807) is 0 Å². The van der Waals surface area contributed by atoms with Gasteiger partial charge in [-0.2, -0.15) is 0 Å². The quantitative estimate of drug-likeness (QED) is 0.514. The highest BCUT2D eigenvalue weighted by Gasteiger charge is 2.29. The van der Waals surface area contributed by atoms with Crippen LogP contribution in [0.25, 0.3) is 0 Å². The van der Waals surface area contributed by atoms with Gasteiger partial charge in [-0.25, -0.2) is 0 Å². The van der Waals surface area contributed by atoms with Gasteiger partial charge in [0, 0.05) is 17.9 Å². The molecule has 1 saturated heterocycles. The minimum Gasteiger partial charge on any atom is -0.494 e. The molecule has 0 bridgehead atoms. The predicted octanol–water partition coefficient (Wildman–Crippen LogP) is 3.26. The normalized spacial score (nSPS) is 21.7. The Bertz CT molecular complexity index is 780. The van der Waals surface area contributed by atoms with Gasteiger partial charge >= 0.3 is 0 Å². The fourth-order valence-electron chi connectivity index (χ4n) is 3.34. The SMILES string of the molecule is CC(O)CO.CCOc1ccc(Cc2cc(C3CC(O)CC(CO)O3)ccc2Cl)cc1. The number of rotatable bonds is 7. The molecule has 6 nitrogen and oxygen atoms in total. The Labute approximate surface area is 189 Å². The van der Waals surface area contributed by atoms with Crippen LogP contribution in [0.3, 0.4) is 0 Å². The van der Waals surface area contributed by atoms with Crippen LogP contribution in [-0.2, 0) is 11.2 Å². The van der Waals surface area contributed by atoms with Gasteiger partial charge in [-0.05, 0) is 55.2 Å². The van der Waals surface area contributed by atoms with Crippen LogP contribution >= 0.6 is 11.6 Å². The maximum absolute atomic E-state index is 10.0. The third-order valence-electron chi connectivity index (χ3n) is 4.92. The summed E-state index contributed by atoms with van der Waals surface area (Å²) < 4.78 is 11.4. The van der Waals surface area contributed by atoms with Gasteiger partial charge in [0.25, 0.3) is 0 Å². The first-order chi connectivity index (χ1) is 14.9. The van der Waals surface area contributed by atoms with Crippen molar-refractivity contribution in [3.05, 3.63) is 64.2 Å². The van der Waals surface area contributed by atoms with Crippen LogP contribution < -0.4 is 4.74 Å². The zero-order chi connectivity index (χ0) is 22.8. The first kappa shape index (κ1) is 25.6. The molecule has 172 valence electrons. The zero-order valence-corrected chi connectivity index (χ0v) is 18.8. The van der Waals surface area contributed by atoms with E-state index in [0.29, 0.717) is 30.9 Å². The lowest BCUT2D eigenvalue weighted by molar-refractivity contribution is -0.113. The Hall–Kier alpha value is -1.67. The lowest BCUT2D eigenvalue weighted by Gasteiger charge is -2.32. The van der Waals surface area contributed by atoms with Crippen molar-refractivity contribution in [3.8, 4) is 5.75 Å². The summed E-state index contributed by atoms with van der Waals surface area (Å²) in [5, 5.41) is 36.1. The molecule has 7 heteroatoms. The second kappa shape index (κ2) is 13.0. The number of ether oxygens (including phenoxy) is 2. The molecular weight excluding hydrogens is 420 g/mol. The van der Waals surface area contributed by atoms with Crippen molar-refractivity contribution in [1.82, 2.24) is 0 Å². The van der Waals surface area contributed by atoms with Crippen molar-refractivity contribution in [2.75, 3.05) is 19.8 Å². The van der Waals surface area contributed by atoms with Gasteiger partial charge in [0.15, 0.2) is 0 Å². The van der Waals surface area contributed by atoms with E-state index in [0.717, 1.165) is 22.4 Å². The Morgan fingerprint density at radius 2 is 1.81 bits per heavy atom. The maximum atomic E-state index is 10.0. The van der Waals surface area contributed by atoms with Crippen molar-refractivity contribution in [2.24, 2.45) is 0 Å². The van der Waals surface area contributed by atoms with E-state index < -0.39 is 12.2 Å². The highest BCUT2D eigenvalue weighted by Crippen LogP contribution is 2.33. The van der Waals surface area contributed by atoms with Crippen LogP contribution in [0.4, 0.5) is 0 Å². The second-order valence-electron chi connectivity index (χ2n) is 7.69. The molecule has 1 aliphatic rings. The predicted molar refractivity (Wildman–Crippen MR) is 121 cm³/mol. The molecule has 1 fully saturated rings. The number of hydrogen-bond acceptors (Lipinski definition) is 6. The van der Waals surface area contributed by atoms with E-state index in [2.05, 4.69) is 0 Å². The van der Waals surface area contributed by atoms with Crippen LogP contribution in [0.1, 0.15) is 49.5 Å². The third-order valence-corrected chi connectivity index (χ3v) is 5.28. The van der Waals surface area contributed by atoms with Gasteiger partial charge in [-0.3, -0.25) is 0 Å². The van der Waals surface area contributed by atoms with E-state index in [-0.39, 0.29) is 25.4 Å². The third kappa shape index (κ3) is 8.41. The molecule has 0 aromatic heterocycles. The number of halogens is 1. The summed E-state index contributed by atoms with van der Waals surface area (Å²) in [7, 11) is 0. The molecule has 3 rings (SSSR count). The first-order valence-electron chi connectivity index (χ1n) is 10.6. The summed E-state index contributed by atoms with van der Waals surface area (Å²) in [6.07, 6.45) is 0.130. The maximum Gasteiger partial charge on any atom is 0.119 e. The molecule has 0 radical (unpaired) electrons. The van der Waals surface area contributed by atoms with Crippen LogP contribution in [0.15, 0.2) is 42.5 Å². The van der Waals surface area contributed by atoms with Gasteiger partial charge in [0.1, 0.15) is 5.75 Å². The van der Waals surface area contributed by atoms with Gasteiger partial charge in [-0.15, -0.1) is 0 Å². The van der Waals surface area contributed by atoms with Crippen LogP contribution in [0, 0.1) is 0 Å². The molecule has 4 N–H and O–H groups in total. The standard InChI is InChI=1S/C21H25ClO4.C3H8O2/c1-2-25-18-6-3-14(4-7-18)9-16-10-15(5-8-20(16)22)21-12-17(24)11-19(13-23)26-21;1-3(5)2-4/h3-8,10,17,19,21,23-24H,2,9,11-13H2,1H3;3-5H,2H2,1H3. The van der Waals surface area contributed by atoms with E-state index >= 15 is 0 Å². The number of aliphatic hydroxyl groups is 4. The molecule has 0 saturated carbocycles. The van der Waals surface area contributed by atoms with Crippen molar-refractivity contribution in [2.45, 2.75) is 57.5 Å². The molecule has 0 aliphatic carbocycles. The minimum absolute atomic E-state index is 0.0831. The highest BCUT2D eigenvalue weighted by atomic mass is 35.5. The average molecular weight is 453 g/mol. The average Bonchev–Trinajstić information content (AvgIpc) is 2.76. The van der Waals surface area contributed by atoms with Crippen molar-refractivity contribution in [1.29, 1.82) is 0 Å². The number of aliphatic hydroxyl groups excluding tert-OH is 4. The molecule has 1 heterocycles. The van der Waals surface area contributed by atoms with Gasteiger partial charge in [0.05, 0.1) is 44.2 Å². The second-order valence-corrected chi connectivity index (χ2v) is 8.10. The summed E-state index contributed by atoms with van der Waals surface area (Å²) in [5.41, 5.74) is 3.13. The topological polar surface area (TPSA) is 99.4 Å². The Morgan fingerprint density at radius 3 is 2.39 bits per heavy atom. The smallest absolute Gasteiger partial charge is 0.119 e. The van der Waals surface area contributed by atoms with E-state index in [4.69, 9.17) is 31.3 Å². The van der Waals surface area contributed by atoms with Gasteiger partial charge in [-0.1, -0.05) is 35.9 Å². The lowest BCUT2D eigenvalue weighted by Crippen LogP contribution is -2.33. The van der Waals surface area contributed by atoms with Crippen LogP contribution in [0.2, 0.25) is 5.02 Å². The van der Waals surface area contributed by atoms with E-state index in [1.807, 2.05) is 49.4 Å². The summed E-state index contributed by atoms with van der Waals surface area (Å²) in [5.74, 6) is 0.857. The number of hydrogen-bond donors (Lipinski definition) is 4. The molecule has 2 aromatic rings. The largest absolute Gasteiger partial charge is 0.494 e. The lowest BCUT2D eigenvalue weighted by atomic mass is 9.94. The first-order valence-corrected chi connectivity index (χ1v) is 11.0. The highest BCUT2D eigenvalue weighted by molar-refractivity contribution is 6.31. The summed E-state index contributed by atoms with van der Waals surface area (Å²) in [6.45, 7) is 3.92. The van der Waals surface area contributed by atoms with E-state index in [1.165, 1.54) is 6.92 Å². The summed E-state index contributed by atoms with van der Waals surface area (Å²) in [6, 6.07) is 13.8. The van der Waals surface area contributed by atoms with E-state index in [9.17, 15) is 10.2 Å².